The van der Waals surface area contributed by atoms with Gasteiger partial charge in [0.05, 0.1) is 22.1 Å². The first kappa shape index (κ1) is 64.8. The number of rotatable bonds is 11. The van der Waals surface area contributed by atoms with Gasteiger partial charge in [-0.05, 0) is 117 Å². The number of hydrogen-bond donors (Lipinski definition) is 0. The molecule has 4 heterocycles. The Morgan fingerprint density at radius 2 is 0.495 bits per heavy atom. The van der Waals surface area contributed by atoms with Gasteiger partial charge in [-0.15, -0.1) is 0 Å². The van der Waals surface area contributed by atoms with Gasteiger partial charge in [-0.2, -0.15) is 0 Å². The molecule has 0 bridgehead atoms. The molecule has 0 saturated heterocycles. The lowest BCUT2D eigenvalue weighted by Crippen LogP contribution is -2.03. The molecule has 0 radical (unpaired) electrons. The van der Waals surface area contributed by atoms with Gasteiger partial charge >= 0.3 is 0 Å². The molecule has 0 saturated carbocycles. The molecule has 0 spiro atoms. The van der Waals surface area contributed by atoms with Crippen LogP contribution in [-0.2, 0) is 6.42 Å². The molecular weight excluding hydrogens is 1320 g/mol. The topological polar surface area (TPSA) is 87.2 Å². The van der Waals surface area contributed by atoms with E-state index in [9.17, 15) is 8.78 Å². The third-order valence-electron chi connectivity index (χ3n) is 19.7. The molecule has 4 aromatic heterocycles. The standard InChI is InChI=1S/C57H37N5.C21H13F2N3.C19H14/c1-5-17-38(18-6-1)42-29-31-49-47-25-13-15-27-51(47)61(53(49)35-42)45-33-44(57-59-55(40-21-9-3-10-22-40)58-56(60-57)41-23-11-4-12-24-41)34-46(37-45)62-52-28-16-14-26-48(52)50-32-30-43(36-54(50)62)39-19-7-2-8-20-39;22-17-11-16(12-18(23)13-17)21-25-19(14-7-3-1-4-8-14)24-20(26-21)15-9-5-2-6-10-15;1-2-6-14(7-3-1)15-10-11-19-17(12-15)13-16-8-4-5-9-18(16)19/h1-37H;1-13H;1-12H,13H2. The summed E-state index contributed by atoms with van der Waals surface area (Å²) in [7, 11) is 0. The SMILES string of the molecule is Fc1cc(F)cc(-c2nc(-c3ccccc3)nc(-c3ccccc3)n2)c1.c1ccc(-c2ccc3c(c2)Cc2ccccc2-3)cc1.c1ccc(-c2ccc3c4ccccc4n(-c4cc(-c5nc(-c6ccccc6)nc(-c6ccccc6)n5)cc(-n5c6ccccc6c6ccc(-c7ccccc7)cc65)c4)c3c2)cc1. The molecule has 1 aliphatic rings. The smallest absolute Gasteiger partial charge is 0.164 e. The highest BCUT2D eigenvalue weighted by molar-refractivity contribution is 6.12. The Morgan fingerprint density at radius 3 is 0.897 bits per heavy atom. The Hall–Kier alpha value is -14.2. The van der Waals surface area contributed by atoms with Gasteiger partial charge in [0.1, 0.15) is 11.6 Å². The second-order valence-corrected chi connectivity index (χ2v) is 26.4. The van der Waals surface area contributed by atoms with Crippen LogP contribution >= 0.6 is 0 Å². The third-order valence-corrected chi connectivity index (χ3v) is 19.7. The summed E-state index contributed by atoms with van der Waals surface area (Å²) >= 11 is 0. The van der Waals surface area contributed by atoms with Crippen LogP contribution < -0.4 is 0 Å². The monoisotopic (exact) mass is 1380 g/mol. The molecule has 0 fully saturated rings. The summed E-state index contributed by atoms with van der Waals surface area (Å²) in [5.74, 6) is 1.59. The molecule has 0 atom stereocenters. The molecule has 15 aromatic carbocycles. The summed E-state index contributed by atoms with van der Waals surface area (Å²) in [6.07, 6.45) is 1.06. The van der Waals surface area contributed by atoms with E-state index < -0.39 is 11.6 Å². The highest BCUT2D eigenvalue weighted by Gasteiger charge is 2.23. The van der Waals surface area contributed by atoms with E-state index in [0.717, 1.165) is 84.9 Å². The van der Waals surface area contributed by atoms with Crippen LogP contribution in [0.1, 0.15) is 11.1 Å². The fraction of sp³-hybridized carbons (Fsp3) is 0.0103. The fourth-order valence-electron chi connectivity index (χ4n) is 14.6. The lowest BCUT2D eigenvalue weighted by atomic mass is 9.99. The number of para-hydroxylation sites is 2. The average molecular weight is 1380 g/mol. The summed E-state index contributed by atoms with van der Waals surface area (Å²) in [6, 6.07) is 128. The van der Waals surface area contributed by atoms with E-state index in [2.05, 4.69) is 285 Å². The van der Waals surface area contributed by atoms with Gasteiger partial charge in [-0.1, -0.05) is 315 Å². The van der Waals surface area contributed by atoms with Crippen molar-refractivity contribution in [1.82, 2.24) is 39.0 Å². The molecule has 8 nitrogen and oxygen atoms in total. The number of hydrogen-bond acceptors (Lipinski definition) is 6. The van der Waals surface area contributed by atoms with Gasteiger partial charge < -0.3 is 9.13 Å². The Morgan fingerprint density at radius 1 is 0.196 bits per heavy atom. The molecule has 0 aliphatic heterocycles. The van der Waals surface area contributed by atoms with E-state index in [0.29, 0.717) is 29.1 Å². The Labute approximate surface area is 617 Å². The molecule has 20 rings (SSSR count). The number of fused-ring (bicyclic) bond motifs is 9. The number of aromatic nitrogens is 8. The van der Waals surface area contributed by atoms with Crippen molar-refractivity contribution < 1.29 is 8.78 Å². The van der Waals surface area contributed by atoms with E-state index in [1.807, 2.05) is 97.1 Å². The van der Waals surface area contributed by atoms with Crippen LogP contribution in [0.4, 0.5) is 8.78 Å². The minimum absolute atomic E-state index is 0.219. The van der Waals surface area contributed by atoms with Gasteiger partial charge in [0, 0.05) is 72.4 Å². The lowest BCUT2D eigenvalue weighted by molar-refractivity contribution is 0.584. The number of nitrogens with zero attached hydrogens (tertiary/aromatic N) is 8. The van der Waals surface area contributed by atoms with Crippen molar-refractivity contribution >= 4 is 43.6 Å². The zero-order valence-corrected chi connectivity index (χ0v) is 57.8. The van der Waals surface area contributed by atoms with Crippen LogP contribution in [0.25, 0.3) is 168 Å². The van der Waals surface area contributed by atoms with E-state index in [1.165, 1.54) is 78.2 Å². The fourth-order valence-corrected chi connectivity index (χ4v) is 14.6. The van der Waals surface area contributed by atoms with E-state index in [4.69, 9.17) is 15.0 Å². The van der Waals surface area contributed by atoms with Crippen molar-refractivity contribution in [3.05, 3.63) is 399 Å². The maximum absolute atomic E-state index is 13.6. The minimum Gasteiger partial charge on any atom is -0.309 e. The van der Waals surface area contributed by atoms with Crippen molar-refractivity contribution in [3.63, 3.8) is 0 Å². The van der Waals surface area contributed by atoms with Crippen molar-refractivity contribution in [2.75, 3.05) is 0 Å². The third kappa shape index (κ3) is 13.1. The summed E-state index contributed by atoms with van der Waals surface area (Å²) in [5.41, 5.74) is 24.0. The Bertz CT molecular complexity index is 6160. The van der Waals surface area contributed by atoms with E-state index in [1.54, 1.807) is 0 Å². The molecular formula is C97H64F2N8. The highest BCUT2D eigenvalue weighted by Crippen LogP contribution is 2.42. The van der Waals surface area contributed by atoms with Crippen LogP contribution in [0, 0.1) is 11.6 Å². The first-order valence-electron chi connectivity index (χ1n) is 35.6. The Kier molecular flexibility index (Phi) is 17.3. The second kappa shape index (κ2) is 28.5. The predicted molar refractivity (Wildman–Crippen MR) is 432 cm³/mol. The largest absolute Gasteiger partial charge is 0.309 e. The highest BCUT2D eigenvalue weighted by atomic mass is 19.1. The minimum atomic E-state index is -0.678. The van der Waals surface area contributed by atoms with Crippen LogP contribution in [0.2, 0.25) is 0 Å². The van der Waals surface area contributed by atoms with Crippen LogP contribution in [0.5, 0.6) is 0 Å². The molecule has 19 aromatic rings. The van der Waals surface area contributed by atoms with Gasteiger partial charge in [0.2, 0.25) is 0 Å². The molecule has 10 heteroatoms. The van der Waals surface area contributed by atoms with E-state index >= 15 is 0 Å². The Balaban J connectivity index is 0.000000146. The van der Waals surface area contributed by atoms with Gasteiger partial charge in [-0.25, -0.2) is 38.7 Å². The molecule has 107 heavy (non-hydrogen) atoms. The number of benzene rings is 15. The zero-order chi connectivity index (χ0) is 71.6. The van der Waals surface area contributed by atoms with Crippen molar-refractivity contribution in [2.45, 2.75) is 6.42 Å². The second-order valence-electron chi connectivity index (χ2n) is 26.4. The van der Waals surface area contributed by atoms with Crippen LogP contribution in [-0.4, -0.2) is 39.0 Å². The average Bonchev–Trinajstić information content (AvgIpc) is 1.58. The quantitative estimate of drug-likeness (QED) is 0.128. The zero-order valence-electron chi connectivity index (χ0n) is 57.8. The van der Waals surface area contributed by atoms with Gasteiger partial charge in [0.25, 0.3) is 0 Å². The summed E-state index contributed by atoms with van der Waals surface area (Å²) < 4.78 is 32.1. The maximum atomic E-state index is 13.6. The van der Waals surface area contributed by atoms with Crippen LogP contribution in [0.15, 0.2) is 376 Å². The van der Waals surface area contributed by atoms with Crippen LogP contribution in [0.3, 0.4) is 0 Å². The molecule has 0 unspecified atom stereocenters. The molecule has 0 amide bonds. The normalized spacial score (nSPS) is 11.4. The van der Waals surface area contributed by atoms with Crippen molar-refractivity contribution in [1.29, 1.82) is 0 Å². The summed E-state index contributed by atoms with van der Waals surface area (Å²) in [5, 5.41) is 4.76. The lowest BCUT2D eigenvalue weighted by Gasteiger charge is -2.16. The summed E-state index contributed by atoms with van der Waals surface area (Å²) in [6.45, 7) is 0. The van der Waals surface area contributed by atoms with Crippen molar-refractivity contribution in [3.8, 4) is 124 Å². The first-order chi connectivity index (χ1) is 52.8. The maximum Gasteiger partial charge on any atom is 0.164 e. The van der Waals surface area contributed by atoms with Crippen molar-refractivity contribution in [2.24, 2.45) is 0 Å². The summed E-state index contributed by atoms with van der Waals surface area (Å²) in [4.78, 5) is 29.0. The first-order valence-corrected chi connectivity index (χ1v) is 35.6. The van der Waals surface area contributed by atoms with E-state index in [-0.39, 0.29) is 11.4 Å². The molecule has 506 valence electrons. The molecule has 1 aliphatic carbocycles. The number of halogens is 2. The van der Waals surface area contributed by atoms with Gasteiger partial charge in [-0.3, -0.25) is 0 Å². The molecule has 0 N–H and O–H groups in total. The van der Waals surface area contributed by atoms with Gasteiger partial charge in [0.15, 0.2) is 34.9 Å². The predicted octanol–water partition coefficient (Wildman–Crippen LogP) is 24.5.